The van der Waals surface area contributed by atoms with E-state index < -0.39 is 0 Å². The first kappa shape index (κ1) is 24.9. The molecule has 1 atom stereocenters. The molecule has 1 unspecified atom stereocenters. The molecule has 44 heavy (non-hydrogen) atoms. The molecule has 1 aliphatic carbocycles. The quantitative estimate of drug-likeness (QED) is 0.212. The maximum Gasteiger partial charge on any atom is 0.138 e. The van der Waals surface area contributed by atoms with Gasteiger partial charge in [0.05, 0.1) is 16.9 Å². The maximum absolute atomic E-state index is 5.30. The summed E-state index contributed by atoms with van der Waals surface area (Å²) in [6, 6.07) is 54.0. The van der Waals surface area contributed by atoms with Crippen molar-refractivity contribution < 1.29 is 0 Å². The average Bonchev–Trinajstić information content (AvgIpc) is 3.60. The van der Waals surface area contributed by atoms with Crippen molar-refractivity contribution >= 4 is 28.5 Å². The van der Waals surface area contributed by atoms with Gasteiger partial charge in [0.15, 0.2) is 0 Å². The van der Waals surface area contributed by atoms with Gasteiger partial charge < -0.3 is 4.57 Å². The lowest BCUT2D eigenvalue weighted by Crippen LogP contribution is -2.19. The van der Waals surface area contributed by atoms with Crippen LogP contribution in [0.5, 0.6) is 0 Å². The standard InChI is InChI=1S/C41H29N3/c1-3-13-28(14-4-1)29-15-11-16-30(25-29)36-21-12-24-41(42-36)44-38-23-10-8-20-33(38)35-26-39-34(27-40(35)44)32-19-7-9-22-37(32)43(39)31-17-5-2-6-18-31/h1-25,27,35H,26H2. The van der Waals surface area contributed by atoms with Crippen LogP contribution in [-0.2, 0) is 6.42 Å². The minimum atomic E-state index is 0.248. The van der Waals surface area contributed by atoms with Gasteiger partial charge in [-0.15, -0.1) is 0 Å². The number of hydrogen-bond acceptors (Lipinski definition) is 2. The highest BCUT2D eigenvalue weighted by molar-refractivity contribution is 5.96. The summed E-state index contributed by atoms with van der Waals surface area (Å²) < 4.78 is 2.46. The molecule has 0 saturated heterocycles. The van der Waals surface area contributed by atoms with E-state index in [0.717, 1.165) is 23.5 Å². The molecule has 3 nitrogen and oxygen atoms in total. The molecule has 5 aromatic carbocycles. The smallest absolute Gasteiger partial charge is 0.138 e. The number of pyridine rings is 1. The Balaban J connectivity index is 1.20. The van der Waals surface area contributed by atoms with E-state index in [0.29, 0.717) is 0 Å². The Hall–Kier alpha value is -5.67. The van der Waals surface area contributed by atoms with Crippen molar-refractivity contribution in [3.8, 4) is 28.1 Å². The Morgan fingerprint density at radius 1 is 0.591 bits per heavy atom. The molecule has 0 radical (unpaired) electrons. The predicted molar refractivity (Wildman–Crippen MR) is 181 cm³/mol. The molecule has 3 heterocycles. The average molecular weight is 564 g/mol. The molecule has 0 spiro atoms. The number of para-hydroxylation sites is 3. The van der Waals surface area contributed by atoms with E-state index in [1.54, 1.807) is 0 Å². The Bertz CT molecular complexity index is 2210. The Morgan fingerprint density at radius 3 is 2.18 bits per heavy atom. The van der Waals surface area contributed by atoms with Crippen LogP contribution in [0.2, 0.25) is 0 Å². The van der Waals surface area contributed by atoms with Gasteiger partial charge in [0.2, 0.25) is 0 Å². The van der Waals surface area contributed by atoms with Crippen LogP contribution in [0.3, 0.4) is 0 Å². The second-order valence-electron chi connectivity index (χ2n) is 11.6. The minimum Gasteiger partial charge on any atom is -0.313 e. The molecule has 1 aliphatic heterocycles. The third kappa shape index (κ3) is 3.86. The minimum absolute atomic E-state index is 0.248. The van der Waals surface area contributed by atoms with E-state index in [9.17, 15) is 0 Å². The van der Waals surface area contributed by atoms with Crippen molar-refractivity contribution in [3.63, 3.8) is 0 Å². The highest BCUT2D eigenvalue weighted by Gasteiger charge is 2.39. The zero-order valence-corrected chi connectivity index (χ0v) is 24.1. The van der Waals surface area contributed by atoms with Crippen molar-refractivity contribution in [1.82, 2.24) is 9.55 Å². The SMILES string of the molecule is C1=C2C(Cc3c1c1ccccc1n3-c1ccccc1)c1ccccc1N2c1cccc(-c2cccc(-c3ccccc3)c2)n1. The highest BCUT2D eigenvalue weighted by atomic mass is 15.2. The van der Waals surface area contributed by atoms with Crippen LogP contribution in [0.4, 0.5) is 11.5 Å². The summed E-state index contributed by atoms with van der Waals surface area (Å²) >= 11 is 0. The monoisotopic (exact) mass is 563 g/mol. The number of hydrogen-bond donors (Lipinski definition) is 0. The van der Waals surface area contributed by atoms with Gasteiger partial charge in [0.25, 0.3) is 0 Å². The summed E-state index contributed by atoms with van der Waals surface area (Å²) in [5, 5.41) is 1.28. The van der Waals surface area contributed by atoms with Crippen LogP contribution in [0.15, 0.2) is 157 Å². The lowest BCUT2D eigenvalue weighted by Gasteiger charge is -2.26. The number of benzene rings is 5. The van der Waals surface area contributed by atoms with Gasteiger partial charge >= 0.3 is 0 Å². The summed E-state index contributed by atoms with van der Waals surface area (Å²) in [4.78, 5) is 7.69. The van der Waals surface area contributed by atoms with E-state index in [1.807, 2.05) is 0 Å². The molecule has 0 N–H and O–H groups in total. The predicted octanol–water partition coefficient (Wildman–Crippen LogP) is 10.2. The van der Waals surface area contributed by atoms with E-state index in [2.05, 4.69) is 167 Å². The second kappa shape index (κ2) is 9.96. The fourth-order valence-corrected chi connectivity index (χ4v) is 7.17. The number of rotatable bonds is 4. The first-order chi connectivity index (χ1) is 21.8. The van der Waals surface area contributed by atoms with E-state index >= 15 is 0 Å². The summed E-state index contributed by atoms with van der Waals surface area (Å²) in [5.74, 6) is 1.20. The van der Waals surface area contributed by atoms with Crippen molar-refractivity contribution in [1.29, 1.82) is 0 Å². The van der Waals surface area contributed by atoms with Crippen molar-refractivity contribution in [3.05, 3.63) is 174 Å². The zero-order chi connectivity index (χ0) is 29.0. The Morgan fingerprint density at radius 2 is 1.30 bits per heavy atom. The number of anilines is 2. The lowest BCUT2D eigenvalue weighted by molar-refractivity contribution is 0.760. The summed E-state index contributed by atoms with van der Waals surface area (Å²) in [6.07, 6.45) is 3.35. The summed E-state index contributed by atoms with van der Waals surface area (Å²) in [7, 11) is 0. The number of allylic oxidation sites excluding steroid dienone is 1. The molecule has 7 aromatic rings. The normalized spacial score (nSPS) is 15.0. The highest BCUT2D eigenvalue weighted by Crippen LogP contribution is 2.53. The van der Waals surface area contributed by atoms with Crippen molar-refractivity contribution in [2.24, 2.45) is 0 Å². The third-order valence-electron chi connectivity index (χ3n) is 9.12. The fourth-order valence-electron chi connectivity index (χ4n) is 7.17. The first-order valence-electron chi connectivity index (χ1n) is 15.2. The van der Waals surface area contributed by atoms with Gasteiger partial charge in [0, 0.05) is 45.9 Å². The molecule has 0 fully saturated rings. The molecular formula is C41H29N3. The second-order valence-corrected chi connectivity index (χ2v) is 11.6. The molecular weight excluding hydrogens is 534 g/mol. The Kier molecular flexibility index (Phi) is 5.63. The van der Waals surface area contributed by atoms with Gasteiger partial charge in [-0.2, -0.15) is 0 Å². The zero-order valence-electron chi connectivity index (χ0n) is 24.1. The molecule has 9 rings (SSSR count). The number of nitrogens with zero attached hydrogens (tertiary/aromatic N) is 3. The summed E-state index contributed by atoms with van der Waals surface area (Å²) in [5.41, 5.74) is 13.5. The molecule has 0 saturated carbocycles. The van der Waals surface area contributed by atoms with Crippen LogP contribution in [0.25, 0.3) is 45.1 Å². The van der Waals surface area contributed by atoms with Crippen LogP contribution < -0.4 is 4.90 Å². The van der Waals surface area contributed by atoms with E-state index in [4.69, 9.17) is 4.98 Å². The van der Waals surface area contributed by atoms with E-state index in [1.165, 1.54) is 55.9 Å². The van der Waals surface area contributed by atoms with Gasteiger partial charge in [-0.25, -0.2) is 4.98 Å². The van der Waals surface area contributed by atoms with Crippen molar-refractivity contribution in [2.45, 2.75) is 12.3 Å². The third-order valence-corrected chi connectivity index (χ3v) is 9.12. The lowest BCUT2D eigenvalue weighted by atomic mass is 9.87. The number of fused-ring (bicyclic) bond motifs is 6. The van der Waals surface area contributed by atoms with Crippen LogP contribution >= 0.6 is 0 Å². The van der Waals surface area contributed by atoms with Gasteiger partial charge in [-0.05, 0) is 65.2 Å². The molecule has 0 bridgehead atoms. The first-order valence-corrected chi connectivity index (χ1v) is 15.2. The summed E-state index contributed by atoms with van der Waals surface area (Å²) in [6.45, 7) is 0. The van der Waals surface area contributed by atoms with Crippen LogP contribution in [0.1, 0.15) is 22.7 Å². The number of aromatic nitrogens is 2. The molecule has 3 heteroatoms. The van der Waals surface area contributed by atoms with Crippen molar-refractivity contribution in [2.75, 3.05) is 4.90 Å². The van der Waals surface area contributed by atoms with Gasteiger partial charge in [0.1, 0.15) is 5.82 Å². The van der Waals surface area contributed by atoms with Gasteiger partial charge in [-0.1, -0.05) is 109 Å². The Labute approximate surface area is 257 Å². The molecule has 2 aliphatic rings. The molecule has 0 amide bonds. The van der Waals surface area contributed by atoms with Gasteiger partial charge in [-0.3, -0.25) is 4.90 Å². The maximum atomic E-state index is 5.30. The van der Waals surface area contributed by atoms with Crippen LogP contribution in [0, 0.1) is 0 Å². The van der Waals surface area contributed by atoms with E-state index in [-0.39, 0.29) is 5.92 Å². The molecule has 2 aromatic heterocycles. The van der Waals surface area contributed by atoms with Crippen LogP contribution in [-0.4, -0.2) is 9.55 Å². The molecule has 208 valence electrons. The topological polar surface area (TPSA) is 21.1 Å². The fraction of sp³-hybridized carbons (Fsp3) is 0.0488. The largest absolute Gasteiger partial charge is 0.313 e.